The third-order valence-electron chi connectivity index (χ3n) is 3.70. The number of urea groups is 1. The van der Waals surface area contributed by atoms with Crippen LogP contribution in [0.1, 0.15) is 17.0 Å². The summed E-state index contributed by atoms with van der Waals surface area (Å²) in [6.07, 6.45) is 0. The monoisotopic (exact) mass is 350 g/mol. The van der Waals surface area contributed by atoms with Crippen LogP contribution in [0.25, 0.3) is 0 Å². The molecule has 3 rings (SSSR count). The lowest BCUT2D eigenvalue weighted by molar-refractivity contribution is 0.181. The molecular weight excluding hydrogens is 332 g/mol. The first-order valence-corrected chi connectivity index (χ1v) is 7.99. The first kappa shape index (κ1) is 16.6. The Hall–Kier alpha value is -2.25. The molecule has 0 saturated carbocycles. The van der Waals surface area contributed by atoms with Gasteiger partial charge in [0, 0.05) is 17.7 Å². The molecule has 24 heavy (non-hydrogen) atoms. The number of aromatic amines is 1. The van der Waals surface area contributed by atoms with Gasteiger partial charge in [-0.3, -0.25) is 5.10 Å². The minimum Gasteiger partial charge on any atom is -0.491 e. The normalized spacial score (nSPS) is 13.8. The summed E-state index contributed by atoms with van der Waals surface area (Å²) >= 11 is 6.03. The fourth-order valence-corrected chi connectivity index (χ4v) is 2.74. The van der Waals surface area contributed by atoms with Crippen LogP contribution in [0.3, 0.4) is 0 Å². The van der Waals surface area contributed by atoms with Crippen LogP contribution >= 0.6 is 11.6 Å². The quantitative estimate of drug-likeness (QED) is 0.886. The molecule has 0 fully saturated rings. The summed E-state index contributed by atoms with van der Waals surface area (Å²) in [5, 5.41) is 10.5. The summed E-state index contributed by atoms with van der Waals surface area (Å²) in [5.41, 5.74) is 2.53. The predicted molar refractivity (Wildman–Crippen MR) is 88.9 cm³/mol. The zero-order valence-corrected chi connectivity index (χ0v) is 14.1. The molecule has 0 saturated heterocycles. The molecule has 8 heteroatoms. The predicted octanol–water partition coefficient (Wildman–Crippen LogP) is 2.31. The summed E-state index contributed by atoms with van der Waals surface area (Å²) in [7, 11) is 1.61. The van der Waals surface area contributed by atoms with Crippen LogP contribution < -0.4 is 10.1 Å². The molecule has 0 radical (unpaired) electrons. The van der Waals surface area contributed by atoms with E-state index in [1.54, 1.807) is 18.1 Å². The fourth-order valence-electron chi connectivity index (χ4n) is 2.54. The maximum atomic E-state index is 12.4. The lowest BCUT2D eigenvalue weighted by Gasteiger charge is -2.20. The molecule has 2 amide bonds. The molecule has 128 valence electrons. The number of rotatable bonds is 4. The van der Waals surface area contributed by atoms with Crippen molar-refractivity contribution in [3.05, 3.63) is 46.2 Å². The molecule has 2 N–H and O–H groups in total. The topological polar surface area (TPSA) is 79.5 Å². The van der Waals surface area contributed by atoms with Crippen molar-refractivity contribution in [3.8, 4) is 5.75 Å². The molecule has 2 heterocycles. The number of halogens is 1. The van der Waals surface area contributed by atoms with Gasteiger partial charge in [0.25, 0.3) is 0 Å². The number of H-pyrrole nitrogens is 1. The molecule has 0 bridgehead atoms. The number of nitrogens with zero attached hydrogens (tertiary/aromatic N) is 2. The van der Waals surface area contributed by atoms with Gasteiger partial charge in [0.2, 0.25) is 0 Å². The maximum absolute atomic E-state index is 12.4. The Morgan fingerprint density at radius 2 is 2.38 bits per heavy atom. The Morgan fingerprint density at radius 1 is 1.50 bits per heavy atom. The molecule has 1 aliphatic heterocycles. The van der Waals surface area contributed by atoms with E-state index < -0.39 is 0 Å². The van der Waals surface area contributed by atoms with Crippen LogP contribution in [0.5, 0.6) is 5.75 Å². The van der Waals surface area contributed by atoms with Gasteiger partial charge in [-0.15, -0.1) is 0 Å². The van der Waals surface area contributed by atoms with Crippen LogP contribution in [0, 0.1) is 0 Å². The number of carbonyl (C=O) groups is 1. The second-order valence-corrected chi connectivity index (χ2v) is 5.93. The average molecular weight is 351 g/mol. The lowest BCUT2D eigenvalue weighted by atomic mass is 10.2. The van der Waals surface area contributed by atoms with Crippen LogP contribution in [-0.4, -0.2) is 41.4 Å². The zero-order chi connectivity index (χ0) is 16.9. The summed E-state index contributed by atoms with van der Waals surface area (Å²) in [5.74, 6) is 0.771. The molecule has 1 aliphatic rings. The number of ether oxygens (including phenoxy) is 2. The summed E-state index contributed by atoms with van der Waals surface area (Å²) in [4.78, 5) is 14.1. The van der Waals surface area contributed by atoms with Gasteiger partial charge in [-0.05, 0) is 24.3 Å². The van der Waals surface area contributed by atoms with Crippen molar-refractivity contribution in [2.75, 3.05) is 20.3 Å². The van der Waals surface area contributed by atoms with E-state index in [-0.39, 0.29) is 6.03 Å². The van der Waals surface area contributed by atoms with Gasteiger partial charge in [-0.25, -0.2) is 4.79 Å². The summed E-state index contributed by atoms with van der Waals surface area (Å²) in [6.45, 7) is 2.22. The smallest absolute Gasteiger partial charge is 0.318 e. The molecule has 0 unspecified atom stereocenters. The number of fused-ring (bicyclic) bond motifs is 1. The first-order chi connectivity index (χ1) is 11.7. The Morgan fingerprint density at radius 3 is 3.21 bits per heavy atom. The van der Waals surface area contributed by atoms with E-state index in [1.165, 1.54) is 0 Å². The van der Waals surface area contributed by atoms with Gasteiger partial charge >= 0.3 is 6.03 Å². The third kappa shape index (κ3) is 3.98. The third-order valence-corrected chi connectivity index (χ3v) is 3.93. The van der Waals surface area contributed by atoms with Crippen molar-refractivity contribution in [1.82, 2.24) is 20.4 Å². The Labute approximate surface area is 144 Å². The van der Waals surface area contributed by atoms with E-state index in [0.29, 0.717) is 37.9 Å². The van der Waals surface area contributed by atoms with Crippen LogP contribution in [0.4, 0.5) is 4.79 Å². The second-order valence-electron chi connectivity index (χ2n) is 5.50. The highest BCUT2D eigenvalue weighted by Gasteiger charge is 2.20. The van der Waals surface area contributed by atoms with E-state index >= 15 is 0 Å². The average Bonchev–Trinajstić information content (AvgIpc) is 2.90. The molecule has 2 aromatic rings. The second kappa shape index (κ2) is 7.55. The van der Waals surface area contributed by atoms with Crippen molar-refractivity contribution in [3.63, 3.8) is 0 Å². The number of benzene rings is 1. The molecule has 0 aliphatic carbocycles. The van der Waals surface area contributed by atoms with Crippen molar-refractivity contribution in [2.45, 2.75) is 19.7 Å². The van der Waals surface area contributed by atoms with Crippen molar-refractivity contribution >= 4 is 17.6 Å². The fraction of sp³-hybridized carbons (Fsp3) is 0.375. The van der Waals surface area contributed by atoms with Crippen molar-refractivity contribution < 1.29 is 14.3 Å². The largest absolute Gasteiger partial charge is 0.491 e. The number of hydrogen-bond donors (Lipinski definition) is 2. The minimum atomic E-state index is -0.158. The highest BCUT2D eigenvalue weighted by molar-refractivity contribution is 6.30. The number of nitrogens with one attached hydrogen (secondary N) is 2. The van der Waals surface area contributed by atoms with Crippen LogP contribution in [-0.2, 0) is 24.4 Å². The number of methoxy groups -OCH3 is 1. The van der Waals surface area contributed by atoms with Gasteiger partial charge in [0.1, 0.15) is 12.4 Å². The first-order valence-electron chi connectivity index (χ1n) is 7.62. The molecular formula is C16H19ClN4O3. The van der Waals surface area contributed by atoms with E-state index in [0.717, 1.165) is 22.7 Å². The molecule has 0 spiro atoms. The Bertz CT molecular complexity index is 719. The lowest BCUT2D eigenvalue weighted by Crippen LogP contribution is -2.40. The number of amides is 2. The standard InChI is InChI=1S/C16H19ClN4O3/c1-23-10-14-7-13(19-20-14)8-18-16(22)21-4-5-24-15-3-2-12(17)6-11(15)9-21/h2-3,6-7H,4-5,8-10H2,1H3,(H,18,22)(H,19,20). The summed E-state index contributed by atoms with van der Waals surface area (Å²) < 4.78 is 10.7. The summed E-state index contributed by atoms with van der Waals surface area (Å²) in [6, 6.07) is 7.15. The SMILES string of the molecule is COCc1cc(CNC(=O)N2CCOc3ccc(Cl)cc3C2)[nH]n1. The zero-order valence-electron chi connectivity index (χ0n) is 13.3. The van der Waals surface area contributed by atoms with Gasteiger partial charge < -0.3 is 19.7 Å². The number of carbonyl (C=O) groups excluding carboxylic acids is 1. The van der Waals surface area contributed by atoms with E-state index in [4.69, 9.17) is 21.1 Å². The molecule has 0 atom stereocenters. The van der Waals surface area contributed by atoms with Crippen molar-refractivity contribution in [1.29, 1.82) is 0 Å². The van der Waals surface area contributed by atoms with Gasteiger partial charge in [-0.2, -0.15) is 5.10 Å². The van der Waals surface area contributed by atoms with E-state index in [9.17, 15) is 4.79 Å². The minimum absolute atomic E-state index is 0.158. The van der Waals surface area contributed by atoms with Gasteiger partial charge in [-0.1, -0.05) is 11.6 Å². The van der Waals surface area contributed by atoms with Gasteiger partial charge in [0.05, 0.1) is 37.6 Å². The number of hydrogen-bond acceptors (Lipinski definition) is 4. The van der Waals surface area contributed by atoms with Crippen LogP contribution in [0.15, 0.2) is 24.3 Å². The number of aromatic nitrogens is 2. The van der Waals surface area contributed by atoms with E-state index in [1.807, 2.05) is 18.2 Å². The molecule has 1 aromatic heterocycles. The Balaban J connectivity index is 1.60. The maximum Gasteiger partial charge on any atom is 0.318 e. The van der Waals surface area contributed by atoms with Crippen LogP contribution in [0.2, 0.25) is 5.02 Å². The highest BCUT2D eigenvalue weighted by atomic mass is 35.5. The highest BCUT2D eigenvalue weighted by Crippen LogP contribution is 2.26. The van der Waals surface area contributed by atoms with Crippen molar-refractivity contribution in [2.24, 2.45) is 0 Å². The Kier molecular flexibility index (Phi) is 5.22. The molecule has 1 aromatic carbocycles. The molecule has 7 nitrogen and oxygen atoms in total. The van der Waals surface area contributed by atoms with E-state index in [2.05, 4.69) is 15.5 Å². The van der Waals surface area contributed by atoms with Gasteiger partial charge in [0.15, 0.2) is 0 Å².